The van der Waals surface area contributed by atoms with Crippen LogP contribution in [0.15, 0.2) is 48.8 Å². The van der Waals surface area contributed by atoms with Crippen molar-refractivity contribution in [2.45, 2.75) is 6.54 Å². The number of benzene rings is 1. The van der Waals surface area contributed by atoms with Crippen molar-refractivity contribution in [3.8, 4) is 0 Å². The Balaban J connectivity index is 1.62. The monoisotopic (exact) mass is 312 g/mol. The molecule has 1 aromatic carbocycles. The molecule has 2 N–H and O–H groups in total. The average Bonchev–Trinajstić information content (AvgIpc) is 2.93. The molecule has 0 bridgehead atoms. The summed E-state index contributed by atoms with van der Waals surface area (Å²) in [5.74, 6) is -0.165. The Bertz CT molecular complexity index is 827. The predicted molar refractivity (Wildman–Crippen MR) is 86.2 cm³/mol. The van der Waals surface area contributed by atoms with Crippen LogP contribution in [0.25, 0.3) is 17.0 Å². The number of nitrogens with zero attached hydrogens (tertiary/aromatic N) is 2. The third-order valence-corrected chi connectivity index (χ3v) is 3.44. The number of aromatic amines is 1. The number of fused-ring (bicyclic) bond motifs is 1. The maximum Gasteiger partial charge on any atom is 0.244 e. The average molecular weight is 313 g/mol. The van der Waals surface area contributed by atoms with Gasteiger partial charge in [0.05, 0.1) is 5.52 Å². The van der Waals surface area contributed by atoms with Gasteiger partial charge in [-0.2, -0.15) is 5.10 Å². The summed E-state index contributed by atoms with van der Waals surface area (Å²) in [6, 6.07) is 9.38. The lowest BCUT2D eigenvalue weighted by Gasteiger charge is -2.02. The SMILES string of the molecule is O=C(/C=C/c1cccnc1)NCc1ccc2n[nH]c(Cl)c2c1. The molecule has 5 nitrogen and oxygen atoms in total. The number of carbonyl (C=O) groups is 1. The van der Waals surface area contributed by atoms with E-state index >= 15 is 0 Å². The second kappa shape index (κ2) is 6.41. The summed E-state index contributed by atoms with van der Waals surface area (Å²) >= 11 is 6.00. The third kappa shape index (κ3) is 3.32. The lowest BCUT2D eigenvalue weighted by atomic mass is 10.1. The van der Waals surface area contributed by atoms with Crippen LogP contribution in [0, 0.1) is 0 Å². The smallest absolute Gasteiger partial charge is 0.244 e. The Hall–Kier alpha value is -2.66. The Labute approximate surface area is 132 Å². The van der Waals surface area contributed by atoms with E-state index in [0.29, 0.717) is 11.7 Å². The lowest BCUT2D eigenvalue weighted by molar-refractivity contribution is -0.116. The van der Waals surface area contributed by atoms with Gasteiger partial charge in [-0.1, -0.05) is 23.7 Å². The molecule has 0 fully saturated rings. The van der Waals surface area contributed by atoms with Crippen molar-refractivity contribution >= 4 is 34.5 Å². The quantitative estimate of drug-likeness (QED) is 0.728. The van der Waals surface area contributed by atoms with Gasteiger partial charge in [-0.15, -0.1) is 0 Å². The largest absolute Gasteiger partial charge is 0.348 e. The van der Waals surface area contributed by atoms with Crippen molar-refractivity contribution in [1.82, 2.24) is 20.5 Å². The highest BCUT2D eigenvalue weighted by molar-refractivity contribution is 6.34. The van der Waals surface area contributed by atoms with Crippen molar-refractivity contribution in [3.05, 3.63) is 65.1 Å². The van der Waals surface area contributed by atoms with Gasteiger partial charge in [0.15, 0.2) is 0 Å². The Kier molecular flexibility index (Phi) is 4.16. The van der Waals surface area contributed by atoms with Crippen molar-refractivity contribution in [2.24, 2.45) is 0 Å². The standard InChI is InChI=1S/C16H13ClN4O/c17-16-13-8-12(3-5-14(13)20-21-16)10-19-15(22)6-4-11-2-1-7-18-9-11/h1-9H,10H2,(H,19,22)(H,20,21)/b6-4+. The highest BCUT2D eigenvalue weighted by Crippen LogP contribution is 2.21. The van der Waals surface area contributed by atoms with Crippen molar-refractivity contribution < 1.29 is 4.79 Å². The number of nitrogens with one attached hydrogen (secondary N) is 2. The third-order valence-electron chi connectivity index (χ3n) is 3.15. The number of H-pyrrole nitrogens is 1. The molecule has 2 heterocycles. The molecule has 2 aromatic heterocycles. The predicted octanol–water partition coefficient (Wildman–Crippen LogP) is 2.94. The molecule has 0 atom stereocenters. The molecule has 6 heteroatoms. The van der Waals surface area contributed by atoms with Gasteiger partial charge in [0.2, 0.25) is 5.91 Å². The highest BCUT2D eigenvalue weighted by atomic mass is 35.5. The Morgan fingerprint density at radius 1 is 1.36 bits per heavy atom. The first kappa shape index (κ1) is 14.3. The molecule has 0 saturated heterocycles. The lowest BCUT2D eigenvalue weighted by Crippen LogP contribution is -2.20. The second-order valence-corrected chi connectivity index (χ2v) is 5.10. The van der Waals surface area contributed by atoms with Gasteiger partial charge in [-0.25, -0.2) is 0 Å². The molecule has 3 aromatic rings. The Morgan fingerprint density at radius 2 is 2.27 bits per heavy atom. The molecular weight excluding hydrogens is 300 g/mol. The number of halogens is 1. The number of amides is 1. The molecule has 0 radical (unpaired) electrons. The van der Waals surface area contributed by atoms with Crippen LogP contribution in [0.5, 0.6) is 0 Å². The summed E-state index contributed by atoms with van der Waals surface area (Å²) in [6.07, 6.45) is 6.59. The number of hydrogen-bond donors (Lipinski definition) is 2. The van der Waals surface area contributed by atoms with Crippen molar-refractivity contribution in [2.75, 3.05) is 0 Å². The van der Waals surface area contributed by atoms with E-state index in [0.717, 1.165) is 22.0 Å². The summed E-state index contributed by atoms with van der Waals surface area (Å²) in [5, 5.41) is 10.9. The molecule has 1 amide bonds. The van der Waals surface area contributed by atoms with E-state index in [4.69, 9.17) is 11.6 Å². The molecule has 0 unspecified atom stereocenters. The van der Waals surface area contributed by atoms with E-state index in [-0.39, 0.29) is 5.91 Å². The summed E-state index contributed by atoms with van der Waals surface area (Å²) in [4.78, 5) is 15.8. The topological polar surface area (TPSA) is 70.7 Å². The number of carbonyl (C=O) groups excluding carboxylic acids is 1. The molecule has 0 saturated carbocycles. The number of pyridine rings is 1. The fraction of sp³-hybridized carbons (Fsp3) is 0.0625. The first-order valence-electron chi connectivity index (χ1n) is 6.71. The van der Waals surface area contributed by atoms with Gasteiger partial charge in [0, 0.05) is 30.4 Å². The highest BCUT2D eigenvalue weighted by Gasteiger charge is 2.04. The Morgan fingerprint density at radius 3 is 3.09 bits per heavy atom. The molecule has 0 aliphatic heterocycles. The van der Waals surface area contributed by atoms with E-state index in [1.807, 2.05) is 30.3 Å². The summed E-state index contributed by atoms with van der Waals surface area (Å²) in [7, 11) is 0. The minimum atomic E-state index is -0.165. The van der Waals surface area contributed by atoms with Crippen LogP contribution >= 0.6 is 11.6 Å². The molecule has 0 aliphatic rings. The zero-order valence-electron chi connectivity index (χ0n) is 11.6. The first-order valence-corrected chi connectivity index (χ1v) is 7.08. The molecular formula is C16H13ClN4O. The van der Waals surface area contributed by atoms with Crippen LogP contribution in [0.1, 0.15) is 11.1 Å². The zero-order valence-corrected chi connectivity index (χ0v) is 12.3. The van der Waals surface area contributed by atoms with Gasteiger partial charge < -0.3 is 5.32 Å². The second-order valence-electron chi connectivity index (χ2n) is 4.73. The van der Waals surface area contributed by atoms with Crippen LogP contribution in [0.4, 0.5) is 0 Å². The van der Waals surface area contributed by atoms with E-state index in [2.05, 4.69) is 20.5 Å². The molecule has 0 aliphatic carbocycles. The van der Waals surface area contributed by atoms with Gasteiger partial charge >= 0.3 is 0 Å². The van der Waals surface area contributed by atoms with Gasteiger partial charge in [-0.3, -0.25) is 14.9 Å². The normalized spacial score (nSPS) is 11.1. The van der Waals surface area contributed by atoms with Gasteiger partial charge in [0.25, 0.3) is 0 Å². The fourth-order valence-electron chi connectivity index (χ4n) is 2.03. The first-order chi connectivity index (χ1) is 10.7. The number of hydrogen-bond acceptors (Lipinski definition) is 3. The maximum atomic E-state index is 11.8. The van der Waals surface area contributed by atoms with Gasteiger partial charge in [0.1, 0.15) is 5.15 Å². The molecule has 0 spiro atoms. The van der Waals surface area contributed by atoms with Crippen LogP contribution in [-0.2, 0) is 11.3 Å². The minimum Gasteiger partial charge on any atom is -0.348 e. The maximum absolute atomic E-state index is 11.8. The van der Waals surface area contributed by atoms with E-state index in [1.54, 1.807) is 18.5 Å². The van der Waals surface area contributed by atoms with Crippen LogP contribution in [0.3, 0.4) is 0 Å². The summed E-state index contributed by atoms with van der Waals surface area (Å²) in [5.41, 5.74) is 2.64. The number of aromatic nitrogens is 3. The van der Waals surface area contributed by atoms with Crippen molar-refractivity contribution in [3.63, 3.8) is 0 Å². The zero-order chi connectivity index (χ0) is 15.4. The minimum absolute atomic E-state index is 0.165. The molecule has 22 heavy (non-hydrogen) atoms. The van der Waals surface area contributed by atoms with E-state index in [1.165, 1.54) is 6.08 Å². The van der Waals surface area contributed by atoms with E-state index in [9.17, 15) is 4.79 Å². The van der Waals surface area contributed by atoms with Gasteiger partial charge in [-0.05, 0) is 35.4 Å². The van der Waals surface area contributed by atoms with Crippen LogP contribution in [-0.4, -0.2) is 21.1 Å². The van der Waals surface area contributed by atoms with Crippen LogP contribution < -0.4 is 5.32 Å². The fourth-order valence-corrected chi connectivity index (χ4v) is 2.22. The summed E-state index contributed by atoms with van der Waals surface area (Å²) in [6.45, 7) is 0.424. The summed E-state index contributed by atoms with van der Waals surface area (Å²) < 4.78 is 0. The van der Waals surface area contributed by atoms with Crippen LogP contribution in [0.2, 0.25) is 5.15 Å². The number of rotatable bonds is 4. The van der Waals surface area contributed by atoms with Crippen molar-refractivity contribution in [1.29, 1.82) is 0 Å². The van der Waals surface area contributed by atoms with E-state index < -0.39 is 0 Å². The molecule has 3 rings (SSSR count). The molecule has 110 valence electrons.